The third-order valence-corrected chi connectivity index (χ3v) is 6.27. The van der Waals surface area contributed by atoms with E-state index in [9.17, 15) is 18.0 Å². The summed E-state index contributed by atoms with van der Waals surface area (Å²) in [6.45, 7) is 1.86. The molecule has 0 bridgehead atoms. The third-order valence-electron chi connectivity index (χ3n) is 5.01. The van der Waals surface area contributed by atoms with E-state index in [0.717, 1.165) is 16.5 Å². The molecule has 0 unspecified atom stereocenters. The number of hydrogen-bond acceptors (Lipinski definition) is 5. The Morgan fingerprint density at radius 3 is 2.28 bits per heavy atom. The summed E-state index contributed by atoms with van der Waals surface area (Å²) in [6.07, 6.45) is 0. The van der Waals surface area contributed by atoms with Crippen molar-refractivity contribution in [2.45, 2.75) is 11.8 Å². The Balaban J connectivity index is 1.53. The van der Waals surface area contributed by atoms with Crippen molar-refractivity contribution in [1.82, 2.24) is 4.57 Å². The minimum atomic E-state index is -3.99. The Labute approximate surface area is 185 Å². The summed E-state index contributed by atoms with van der Waals surface area (Å²) in [5, 5.41) is 3.44. The van der Waals surface area contributed by atoms with Gasteiger partial charge in [-0.25, -0.2) is 0 Å². The first kappa shape index (κ1) is 21.3. The van der Waals surface area contributed by atoms with Gasteiger partial charge in [-0.2, -0.15) is 8.42 Å². The van der Waals surface area contributed by atoms with Gasteiger partial charge in [-0.3, -0.25) is 9.59 Å². The van der Waals surface area contributed by atoms with E-state index < -0.39 is 16.0 Å². The van der Waals surface area contributed by atoms with Gasteiger partial charge in [-0.15, -0.1) is 0 Å². The molecular weight excluding hydrogens is 428 g/mol. The van der Waals surface area contributed by atoms with Crippen molar-refractivity contribution >= 4 is 32.6 Å². The first-order chi connectivity index (χ1) is 15.2. The number of anilines is 1. The fourth-order valence-corrected chi connectivity index (χ4v) is 4.18. The average molecular weight is 449 g/mol. The van der Waals surface area contributed by atoms with Crippen LogP contribution in [0.25, 0.3) is 10.9 Å². The third kappa shape index (κ3) is 4.26. The van der Waals surface area contributed by atoms with E-state index >= 15 is 0 Å². The van der Waals surface area contributed by atoms with Crippen LogP contribution in [0.3, 0.4) is 0 Å². The van der Waals surface area contributed by atoms with Gasteiger partial charge in [0.15, 0.2) is 0 Å². The van der Waals surface area contributed by atoms with Gasteiger partial charge >= 0.3 is 10.1 Å². The van der Waals surface area contributed by atoms with E-state index in [0.29, 0.717) is 0 Å². The number of hydrogen-bond donors (Lipinski definition) is 1. The molecule has 0 spiro atoms. The predicted molar refractivity (Wildman–Crippen MR) is 123 cm³/mol. The number of carbonyl (C=O) groups excluding carboxylic acids is 1. The summed E-state index contributed by atoms with van der Waals surface area (Å²) in [4.78, 5) is 25.3. The molecule has 0 radical (unpaired) electrons. The minimum Gasteiger partial charge on any atom is -0.379 e. The lowest BCUT2D eigenvalue weighted by molar-refractivity contribution is 0.102. The van der Waals surface area contributed by atoms with Crippen LogP contribution in [0.1, 0.15) is 15.9 Å². The minimum absolute atomic E-state index is 0.0390. The summed E-state index contributed by atoms with van der Waals surface area (Å²) < 4.78 is 31.4. The lowest BCUT2D eigenvalue weighted by Crippen LogP contribution is -2.24. The van der Waals surface area contributed by atoms with E-state index in [1.54, 1.807) is 25.2 Å². The number of rotatable bonds is 5. The molecule has 0 aliphatic rings. The van der Waals surface area contributed by atoms with Crippen LogP contribution in [0.15, 0.2) is 88.6 Å². The first-order valence-corrected chi connectivity index (χ1v) is 11.2. The highest BCUT2D eigenvalue weighted by Gasteiger charge is 2.17. The van der Waals surface area contributed by atoms with Gasteiger partial charge in [-0.05, 0) is 55.5 Å². The highest BCUT2D eigenvalue weighted by atomic mass is 32.2. The number of para-hydroxylation sites is 1. The van der Waals surface area contributed by atoms with Crippen LogP contribution in [0, 0.1) is 6.92 Å². The summed E-state index contributed by atoms with van der Waals surface area (Å²) in [6, 6.07) is 20.9. The number of nitrogens with one attached hydrogen (secondary N) is 1. The molecule has 0 saturated heterocycles. The van der Waals surface area contributed by atoms with Crippen LogP contribution < -0.4 is 15.1 Å². The molecule has 1 amide bonds. The number of pyridine rings is 1. The number of fused-ring (bicyclic) bond motifs is 1. The Kier molecular flexibility index (Phi) is 5.54. The van der Waals surface area contributed by atoms with Crippen molar-refractivity contribution in [2.75, 3.05) is 5.32 Å². The Bertz CT molecular complexity index is 1470. The lowest BCUT2D eigenvalue weighted by atomic mass is 10.2. The summed E-state index contributed by atoms with van der Waals surface area (Å²) in [7, 11) is -2.35. The molecule has 1 N–H and O–H groups in total. The molecule has 1 heterocycles. The van der Waals surface area contributed by atoms with Crippen LogP contribution in [0.2, 0.25) is 0 Å². The Hall–Kier alpha value is -3.91. The van der Waals surface area contributed by atoms with Gasteiger partial charge in [-0.1, -0.05) is 35.9 Å². The van der Waals surface area contributed by atoms with E-state index in [2.05, 4.69) is 5.32 Å². The van der Waals surface area contributed by atoms with Gasteiger partial charge in [0, 0.05) is 18.0 Å². The monoisotopic (exact) mass is 448 g/mol. The predicted octanol–water partition coefficient (Wildman–Crippen LogP) is 3.87. The zero-order chi connectivity index (χ0) is 22.9. The molecule has 162 valence electrons. The van der Waals surface area contributed by atoms with Crippen LogP contribution in [0.4, 0.5) is 5.69 Å². The number of carbonyl (C=O) groups is 1. The molecule has 4 rings (SSSR count). The number of benzene rings is 3. The molecule has 4 aromatic rings. The molecule has 32 heavy (non-hydrogen) atoms. The maximum Gasteiger partial charge on any atom is 0.339 e. The van der Waals surface area contributed by atoms with Gasteiger partial charge in [0.2, 0.25) is 0 Å². The molecule has 8 heteroatoms. The number of nitrogens with zero attached hydrogens (tertiary/aromatic N) is 1. The number of aromatic nitrogens is 1. The quantitative estimate of drug-likeness (QED) is 0.468. The van der Waals surface area contributed by atoms with Crippen molar-refractivity contribution in [2.24, 2.45) is 7.05 Å². The second-order valence-corrected chi connectivity index (χ2v) is 8.86. The topological polar surface area (TPSA) is 94.5 Å². The average Bonchev–Trinajstić information content (AvgIpc) is 2.78. The van der Waals surface area contributed by atoms with Crippen LogP contribution in [-0.4, -0.2) is 18.9 Å². The fourth-order valence-electron chi connectivity index (χ4n) is 3.25. The second-order valence-electron chi connectivity index (χ2n) is 7.31. The Morgan fingerprint density at radius 1 is 0.938 bits per heavy atom. The standard InChI is InChI=1S/C24H20N2O5S/c1-16-7-13-20(14-8-16)32(29,30)31-19-11-9-17(10-12-19)23(27)25-21-15-18-5-3-4-6-22(18)26(2)24(21)28/h3-15H,1-2H3,(H,25,27). The molecule has 0 fully saturated rings. The SMILES string of the molecule is Cc1ccc(S(=O)(=O)Oc2ccc(C(=O)Nc3cc4ccccc4n(C)c3=O)cc2)cc1. The maximum atomic E-state index is 12.6. The van der Waals surface area contributed by atoms with Gasteiger partial charge < -0.3 is 14.1 Å². The van der Waals surface area contributed by atoms with E-state index in [1.807, 2.05) is 31.2 Å². The largest absolute Gasteiger partial charge is 0.379 e. The molecule has 3 aromatic carbocycles. The fraction of sp³-hybridized carbons (Fsp3) is 0.0833. The molecular formula is C24H20N2O5S. The van der Waals surface area contributed by atoms with Crippen molar-refractivity contribution < 1.29 is 17.4 Å². The highest BCUT2D eigenvalue weighted by Crippen LogP contribution is 2.20. The van der Waals surface area contributed by atoms with Gasteiger partial charge in [0.1, 0.15) is 16.3 Å². The van der Waals surface area contributed by atoms with Crippen LogP contribution in [0.5, 0.6) is 5.75 Å². The molecule has 0 atom stereocenters. The van der Waals surface area contributed by atoms with Gasteiger partial charge in [0.25, 0.3) is 11.5 Å². The summed E-state index contributed by atoms with van der Waals surface area (Å²) >= 11 is 0. The molecule has 7 nitrogen and oxygen atoms in total. The smallest absolute Gasteiger partial charge is 0.339 e. The Morgan fingerprint density at radius 2 is 1.59 bits per heavy atom. The van der Waals surface area contributed by atoms with Crippen molar-refractivity contribution in [3.8, 4) is 5.75 Å². The van der Waals surface area contributed by atoms with Crippen molar-refractivity contribution in [1.29, 1.82) is 0 Å². The van der Waals surface area contributed by atoms with Crippen LogP contribution in [-0.2, 0) is 17.2 Å². The lowest BCUT2D eigenvalue weighted by Gasteiger charge is -2.10. The molecule has 0 aliphatic heterocycles. The van der Waals surface area contributed by atoms with Crippen molar-refractivity contribution in [3.63, 3.8) is 0 Å². The zero-order valence-corrected chi connectivity index (χ0v) is 18.2. The van der Waals surface area contributed by atoms with Gasteiger partial charge in [0.05, 0.1) is 5.52 Å². The number of amides is 1. The zero-order valence-electron chi connectivity index (χ0n) is 17.4. The molecule has 0 saturated carbocycles. The summed E-state index contributed by atoms with van der Waals surface area (Å²) in [5.41, 5.74) is 1.76. The maximum absolute atomic E-state index is 12.6. The molecule has 0 aliphatic carbocycles. The van der Waals surface area contributed by atoms with E-state index in [-0.39, 0.29) is 27.5 Å². The van der Waals surface area contributed by atoms with E-state index in [4.69, 9.17) is 4.18 Å². The number of aryl methyl sites for hydroxylation is 2. The highest BCUT2D eigenvalue weighted by molar-refractivity contribution is 7.87. The summed E-state index contributed by atoms with van der Waals surface area (Å²) in [5.74, 6) is -0.422. The van der Waals surface area contributed by atoms with Crippen LogP contribution >= 0.6 is 0 Å². The van der Waals surface area contributed by atoms with E-state index in [1.165, 1.54) is 41.0 Å². The second kappa shape index (κ2) is 8.32. The molecule has 1 aromatic heterocycles. The normalized spacial score (nSPS) is 11.3. The van der Waals surface area contributed by atoms with Crippen molar-refractivity contribution in [3.05, 3.63) is 100 Å². The first-order valence-electron chi connectivity index (χ1n) is 9.76.